The van der Waals surface area contributed by atoms with Crippen LogP contribution >= 0.6 is 11.3 Å². The molecule has 0 spiro atoms. The maximum Gasteiger partial charge on any atom is 0.250 e. The molecule has 26 heavy (non-hydrogen) atoms. The first-order chi connectivity index (χ1) is 12.1. The lowest BCUT2D eigenvalue weighted by Crippen LogP contribution is -2.49. The molecule has 1 heterocycles. The fourth-order valence-electron chi connectivity index (χ4n) is 2.62. The van der Waals surface area contributed by atoms with E-state index in [9.17, 15) is 14.7 Å². The second kappa shape index (κ2) is 10.0. The number of carbonyl (C=O) groups is 2. The molecule has 6 nitrogen and oxygen atoms in total. The molecule has 0 aromatic carbocycles. The molecule has 0 aliphatic carbocycles. The number of thiazole rings is 1. The van der Waals surface area contributed by atoms with Gasteiger partial charge in [0.1, 0.15) is 12.1 Å². The SMILES string of the molecule is CCCC(CCC)c1cnc(NC(=O)C(C)NC(=O)C(O)C(C)(C)C)s1. The van der Waals surface area contributed by atoms with E-state index in [2.05, 4.69) is 29.5 Å². The molecule has 0 saturated heterocycles. The maximum absolute atomic E-state index is 12.3. The fraction of sp³-hybridized carbons (Fsp3) is 0.737. The lowest BCUT2D eigenvalue weighted by atomic mass is 9.88. The van der Waals surface area contributed by atoms with Crippen molar-refractivity contribution in [3.8, 4) is 0 Å². The fourth-order valence-corrected chi connectivity index (χ4v) is 3.61. The van der Waals surface area contributed by atoms with Crippen LogP contribution in [0.3, 0.4) is 0 Å². The molecule has 148 valence electrons. The van der Waals surface area contributed by atoms with Crippen LogP contribution in [0, 0.1) is 5.41 Å². The highest BCUT2D eigenvalue weighted by Crippen LogP contribution is 2.32. The third-order valence-electron chi connectivity index (χ3n) is 4.25. The standard InChI is InChI=1S/C19H33N3O3S/c1-7-9-13(10-8-2)14-11-20-18(26-14)22-16(24)12(3)21-17(25)15(23)19(4,5)6/h11-13,15,23H,7-10H2,1-6H3,(H,21,25)(H,20,22,24). The summed E-state index contributed by atoms with van der Waals surface area (Å²) < 4.78 is 0. The molecule has 2 amide bonds. The smallest absolute Gasteiger partial charge is 0.250 e. The van der Waals surface area contributed by atoms with Crippen LogP contribution in [0.15, 0.2) is 6.20 Å². The molecule has 1 aromatic heterocycles. The summed E-state index contributed by atoms with van der Waals surface area (Å²) in [7, 11) is 0. The summed E-state index contributed by atoms with van der Waals surface area (Å²) in [5, 5.41) is 15.8. The van der Waals surface area contributed by atoms with Crippen LogP contribution in [0.4, 0.5) is 5.13 Å². The molecule has 2 atom stereocenters. The molecule has 0 bridgehead atoms. The molecule has 7 heteroatoms. The summed E-state index contributed by atoms with van der Waals surface area (Å²) in [5.41, 5.74) is -0.585. The van der Waals surface area contributed by atoms with Gasteiger partial charge < -0.3 is 15.7 Å². The lowest BCUT2D eigenvalue weighted by Gasteiger charge is -2.26. The highest BCUT2D eigenvalue weighted by Gasteiger charge is 2.30. The number of hydrogen-bond acceptors (Lipinski definition) is 5. The quantitative estimate of drug-likeness (QED) is 0.607. The highest BCUT2D eigenvalue weighted by atomic mass is 32.1. The van der Waals surface area contributed by atoms with Crippen LogP contribution in [-0.2, 0) is 9.59 Å². The van der Waals surface area contributed by atoms with Gasteiger partial charge >= 0.3 is 0 Å². The number of aromatic nitrogens is 1. The van der Waals surface area contributed by atoms with Crippen molar-refractivity contribution in [2.45, 2.75) is 85.3 Å². The average molecular weight is 384 g/mol. The number of carbonyl (C=O) groups excluding carboxylic acids is 2. The second-order valence-corrected chi connectivity index (χ2v) is 8.89. The summed E-state index contributed by atoms with van der Waals surface area (Å²) in [6, 6.07) is -0.756. The monoisotopic (exact) mass is 383 g/mol. The van der Waals surface area contributed by atoms with Gasteiger partial charge in [-0.15, -0.1) is 11.3 Å². The minimum Gasteiger partial charge on any atom is -0.383 e. The van der Waals surface area contributed by atoms with Crippen LogP contribution in [0.25, 0.3) is 0 Å². The van der Waals surface area contributed by atoms with E-state index in [1.165, 1.54) is 16.2 Å². The van der Waals surface area contributed by atoms with E-state index in [0.29, 0.717) is 11.0 Å². The predicted molar refractivity (Wildman–Crippen MR) is 106 cm³/mol. The van der Waals surface area contributed by atoms with E-state index in [1.807, 2.05) is 6.20 Å². The predicted octanol–water partition coefficient (Wildman–Crippen LogP) is 3.68. The Bertz CT molecular complexity index is 589. The van der Waals surface area contributed by atoms with Gasteiger partial charge in [0.05, 0.1) is 0 Å². The van der Waals surface area contributed by atoms with E-state index < -0.39 is 23.5 Å². The zero-order chi connectivity index (χ0) is 19.9. The van der Waals surface area contributed by atoms with Crippen molar-refractivity contribution >= 4 is 28.3 Å². The summed E-state index contributed by atoms with van der Waals surface area (Å²) in [4.78, 5) is 29.8. The van der Waals surface area contributed by atoms with Crippen LogP contribution in [0.2, 0.25) is 0 Å². The van der Waals surface area contributed by atoms with Crippen molar-refractivity contribution < 1.29 is 14.7 Å². The molecule has 0 radical (unpaired) electrons. The van der Waals surface area contributed by atoms with Crippen LogP contribution in [-0.4, -0.2) is 34.1 Å². The molecular weight excluding hydrogens is 350 g/mol. The first-order valence-electron chi connectivity index (χ1n) is 9.35. The number of aliphatic hydroxyl groups excluding tert-OH is 1. The third-order valence-corrected chi connectivity index (χ3v) is 5.33. The summed E-state index contributed by atoms with van der Waals surface area (Å²) in [6.07, 6.45) is 5.12. The zero-order valence-corrected chi connectivity index (χ0v) is 17.6. The van der Waals surface area contributed by atoms with Gasteiger partial charge in [-0.3, -0.25) is 9.59 Å². The van der Waals surface area contributed by atoms with Crippen molar-refractivity contribution in [2.75, 3.05) is 5.32 Å². The minimum absolute atomic E-state index is 0.345. The van der Waals surface area contributed by atoms with E-state index >= 15 is 0 Å². The molecule has 3 N–H and O–H groups in total. The van der Waals surface area contributed by atoms with Gasteiger partial charge in [0.25, 0.3) is 0 Å². The second-order valence-electron chi connectivity index (χ2n) is 7.83. The topological polar surface area (TPSA) is 91.3 Å². The Kier molecular flexibility index (Phi) is 8.70. The van der Waals surface area contributed by atoms with Crippen molar-refractivity contribution in [3.05, 3.63) is 11.1 Å². The normalized spacial score (nSPS) is 14.2. The summed E-state index contributed by atoms with van der Waals surface area (Å²) >= 11 is 1.49. The zero-order valence-electron chi connectivity index (χ0n) is 16.8. The van der Waals surface area contributed by atoms with E-state index in [0.717, 1.165) is 25.7 Å². The Labute approximate surface area is 160 Å². The molecule has 0 aliphatic rings. The Morgan fingerprint density at radius 3 is 2.27 bits per heavy atom. The summed E-state index contributed by atoms with van der Waals surface area (Å²) in [6.45, 7) is 11.2. The molecule has 0 saturated carbocycles. The van der Waals surface area contributed by atoms with Gasteiger partial charge in [-0.1, -0.05) is 47.5 Å². The van der Waals surface area contributed by atoms with E-state index in [1.54, 1.807) is 27.7 Å². The number of aliphatic hydroxyl groups is 1. The van der Waals surface area contributed by atoms with Crippen molar-refractivity contribution in [1.29, 1.82) is 0 Å². The van der Waals surface area contributed by atoms with Crippen molar-refractivity contribution in [2.24, 2.45) is 5.41 Å². The first-order valence-corrected chi connectivity index (χ1v) is 10.2. The summed E-state index contributed by atoms with van der Waals surface area (Å²) in [5.74, 6) is -0.416. The molecule has 2 unspecified atom stereocenters. The van der Waals surface area contributed by atoms with Crippen LogP contribution in [0.5, 0.6) is 0 Å². The van der Waals surface area contributed by atoms with Crippen molar-refractivity contribution in [1.82, 2.24) is 10.3 Å². The van der Waals surface area contributed by atoms with Gasteiger partial charge in [0.2, 0.25) is 11.8 Å². The number of amides is 2. The number of rotatable bonds is 9. The largest absolute Gasteiger partial charge is 0.383 e. The van der Waals surface area contributed by atoms with E-state index in [4.69, 9.17) is 0 Å². The molecule has 0 fully saturated rings. The Morgan fingerprint density at radius 1 is 1.19 bits per heavy atom. The van der Waals surface area contributed by atoms with Gasteiger partial charge in [0.15, 0.2) is 5.13 Å². The van der Waals surface area contributed by atoms with Crippen LogP contribution < -0.4 is 10.6 Å². The number of nitrogens with one attached hydrogen (secondary N) is 2. The van der Waals surface area contributed by atoms with Gasteiger partial charge in [-0.05, 0) is 31.1 Å². The van der Waals surface area contributed by atoms with E-state index in [-0.39, 0.29) is 5.91 Å². The first kappa shape index (κ1) is 22.6. The molecule has 1 aromatic rings. The average Bonchev–Trinajstić information content (AvgIpc) is 3.01. The van der Waals surface area contributed by atoms with Gasteiger partial charge in [-0.25, -0.2) is 4.98 Å². The Morgan fingerprint density at radius 2 is 1.77 bits per heavy atom. The number of hydrogen-bond donors (Lipinski definition) is 3. The number of nitrogens with zero attached hydrogens (tertiary/aromatic N) is 1. The highest BCUT2D eigenvalue weighted by molar-refractivity contribution is 7.15. The Hall–Kier alpha value is -1.47. The van der Waals surface area contributed by atoms with Gasteiger partial charge in [-0.2, -0.15) is 0 Å². The van der Waals surface area contributed by atoms with Gasteiger partial charge in [0, 0.05) is 11.1 Å². The Balaban J connectivity index is 2.66. The third kappa shape index (κ3) is 6.68. The minimum atomic E-state index is -1.17. The lowest BCUT2D eigenvalue weighted by molar-refractivity contribution is -0.137. The molecular formula is C19H33N3O3S. The number of anilines is 1. The van der Waals surface area contributed by atoms with Crippen molar-refractivity contribution in [3.63, 3.8) is 0 Å². The molecule has 1 rings (SSSR count). The maximum atomic E-state index is 12.3. The van der Waals surface area contributed by atoms with Crippen LogP contribution in [0.1, 0.15) is 78.0 Å². The molecule has 0 aliphatic heterocycles.